The lowest BCUT2D eigenvalue weighted by Gasteiger charge is -2.28. The quantitative estimate of drug-likeness (QED) is 0.828. The van der Waals surface area contributed by atoms with Crippen LogP contribution in [0.4, 0.5) is 13.2 Å². The third-order valence-electron chi connectivity index (χ3n) is 2.98. The number of carbonyl (C=O) groups excluding carboxylic acids is 1. The Morgan fingerprint density at radius 1 is 1.25 bits per heavy atom. The van der Waals surface area contributed by atoms with E-state index in [2.05, 4.69) is 0 Å². The van der Waals surface area contributed by atoms with Gasteiger partial charge in [0.1, 0.15) is 11.8 Å². The fourth-order valence-electron chi connectivity index (χ4n) is 1.97. The minimum absolute atomic E-state index is 0.0407. The maximum Gasteiger partial charge on any atom is 0.408 e. The molecule has 0 aliphatic heterocycles. The Morgan fingerprint density at radius 2 is 1.88 bits per heavy atom. The molecule has 0 saturated heterocycles. The molecule has 1 aromatic carbocycles. The molecular weight excluding hydrogens is 327 g/mol. The molecule has 0 bridgehead atoms. The molecule has 0 saturated carbocycles. The molecule has 0 aliphatic carbocycles. The van der Waals surface area contributed by atoms with Crippen molar-refractivity contribution >= 4 is 11.9 Å². The largest absolute Gasteiger partial charge is 0.482 e. The zero-order chi connectivity index (χ0) is 18.5. The summed E-state index contributed by atoms with van der Waals surface area (Å²) in [5, 5.41) is 10.5. The first-order chi connectivity index (χ1) is 10.9. The number of nitrogens with one attached hydrogen (secondary N) is 1. The Balaban J connectivity index is 2.88. The van der Waals surface area contributed by atoms with Gasteiger partial charge in [-0.25, -0.2) is 4.79 Å². The molecule has 1 atom stereocenters. The predicted octanol–water partition coefficient (Wildman–Crippen LogP) is 3.25. The maximum absolute atomic E-state index is 13.1. The van der Waals surface area contributed by atoms with E-state index < -0.39 is 36.1 Å². The average molecular weight is 347 g/mol. The van der Waals surface area contributed by atoms with E-state index >= 15 is 0 Å². The van der Waals surface area contributed by atoms with Gasteiger partial charge in [0.25, 0.3) is 5.91 Å². The van der Waals surface area contributed by atoms with Gasteiger partial charge >= 0.3 is 12.1 Å². The number of amides is 1. The number of hydrogen-bond acceptors (Lipinski definition) is 3. The van der Waals surface area contributed by atoms with Crippen LogP contribution < -0.4 is 10.1 Å². The molecule has 24 heavy (non-hydrogen) atoms. The summed E-state index contributed by atoms with van der Waals surface area (Å²) in [6.07, 6.45) is -4.84. The van der Waals surface area contributed by atoms with Crippen LogP contribution in [0.2, 0.25) is 0 Å². The number of carbonyl (C=O) groups is 2. The molecule has 5 nitrogen and oxygen atoms in total. The minimum Gasteiger partial charge on any atom is -0.482 e. The summed E-state index contributed by atoms with van der Waals surface area (Å²) < 4.78 is 44.2. The van der Waals surface area contributed by atoms with Crippen molar-refractivity contribution in [3.05, 3.63) is 29.8 Å². The van der Waals surface area contributed by atoms with Crippen molar-refractivity contribution in [1.82, 2.24) is 5.32 Å². The summed E-state index contributed by atoms with van der Waals surface area (Å²) in [4.78, 5) is 22.5. The second-order valence-electron chi connectivity index (χ2n) is 6.54. The Bertz CT molecular complexity index is 594. The van der Waals surface area contributed by atoms with Crippen LogP contribution in [0.1, 0.15) is 37.6 Å². The molecule has 2 N–H and O–H groups in total. The molecular formula is C16H20F3NO4. The van der Waals surface area contributed by atoms with Gasteiger partial charge in [-0.3, -0.25) is 4.79 Å². The van der Waals surface area contributed by atoms with Crippen LogP contribution in [-0.2, 0) is 4.79 Å². The van der Waals surface area contributed by atoms with Crippen molar-refractivity contribution in [2.75, 3.05) is 6.61 Å². The highest BCUT2D eigenvalue weighted by Crippen LogP contribution is 2.30. The lowest BCUT2D eigenvalue weighted by molar-refractivity contribution is -0.159. The van der Waals surface area contributed by atoms with Crippen molar-refractivity contribution < 1.29 is 32.6 Å². The number of ether oxygens (including phenoxy) is 1. The molecule has 0 aliphatic rings. The molecule has 1 amide bonds. The Hall–Kier alpha value is -2.25. The standard InChI is InChI=1S/C16H20F3NO4/c1-15(2,3)8-12(16(17,18)19)20-14(23)10-5-4-6-11(7-10)24-9-13(21)22/h4-7,12H,8-9H2,1-3H3,(H,20,23)(H,21,22). The lowest BCUT2D eigenvalue weighted by atomic mass is 9.87. The smallest absolute Gasteiger partial charge is 0.408 e. The number of benzene rings is 1. The highest BCUT2D eigenvalue weighted by molar-refractivity contribution is 5.94. The first-order valence-corrected chi connectivity index (χ1v) is 7.21. The summed E-state index contributed by atoms with van der Waals surface area (Å²) >= 11 is 0. The summed E-state index contributed by atoms with van der Waals surface area (Å²) in [6, 6.07) is 3.36. The highest BCUT2D eigenvalue weighted by atomic mass is 19.4. The van der Waals surface area contributed by atoms with Crippen molar-refractivity contribution in [2.45, 2.75) is 39.4 Å². The molecule has 1 aromatic rings. The third-order valence-corrected chi connectivity index (χ3v) is 2.98. The first kappa shape index (κ1) is 19.8. The fraction of sp³-hybridized carbons (Fsp3) is 0.500. The topological polar surface area (TPSA) is 75.6 Å². The van der Waals surface area contributed by atoms with E-state index in [9.17, 15) is 22.8 Å². The van der Waals surface area contributed by atoms with E-state index in [-0.39, 0.29) is 17.7 Å². The fourth-order valence-corrected chi connectivity index (χ4v) is 1.97. The normalized spacial score (nSPS) is 13.2. The number of aliphatic carboxylic acids is 1. The van der Waals surface area contributed by atoms with E-state index in [1.807, 2.05) is 5.32 Å². The van der Waals surface area contributed by atoms with E-state index in [0.717, 1.165) is 0 Å². The van der Waals surface area contributed by atoms with Gasteiger partial charge < -0.3 is 15.2 Å². The Labute approximate surface area is 137 Å². The maximum atomic E-state index is 13.1. The second kappa shape index (κ2) is 7.55. The first-order valence-electron chi connectivity index (χ1n) is 7.21. The number of alkyl halides is 3. The van der Waals surface area contributed by atoms with Crippen LogP contribution in [-0.4, -0.2) is 35.8 Å². The number of carboxylic acids is 1. The molecule has 1 unspecified atom stereocenters. The number of carboxylic acid groups (broad SMARTS) is 1. The molecule has 134 valence electrons. The van der Waals surface area contributed by atoms with Crippen LogP contribution in [0.15, 0.2) is 24.3 Å². The second-order valence-corrected chi connectivity index (χ2v) is 6.54. The van der Waals surface area contributed by atoms with Crippen molar-refractivity contribution in [1.29, 1.82) is 0 Å². The van der Waals surface area contributed by atoms with Gasteiger partial charge in [0.2, 0.25) is 0 Å². The number of rotatable bonds is 6. The summed E-state index contributed by atoms with van der Waals surface area (Å²) in [6.45, 7) is 4.34. The molecule has 0 spiro atoms. The van der Waals surface area contributed by atoms with Gasteiger partial charge in [-0.05, 0) is 30.0 Å². The molecule has 8 heteroatoms. The van der Waals surface area contributed by atoms with E-state index in [4.69, 9.17) is 9.84 Å². The van der Waals surface area contributed by atoms with Crippen molar-refractivity contribution in [2.24, 2.45) is 5.41 Å². The lowest BCUT2D eigenvalue weighted by Crippen LogP contribution is -2.47. The molecule has 0 radical (unpaired) electrons. The average Bonchev–Trinajstić information content (AvgIpc) is 2.42. The van der Waals surface area contributed by atoms with E-state index in [1.165, 1.54) is 24.3 Å². The zero-order valence-corrected chi connectivity index (χ0v) is 13.6. The van der Waals surface area contributed by atoms with Crippen LogP contribution in [0, 0.1) is 5.41 Å². The van der Waals surface area contributed by atoms with Crippen LogP contribution in [0.3, 0.4) is 0 Å². The Kier molecular flexibility index (Phi) is 6.22. The third kappa shape index (κ3) is 6.89. The molecule has 0 fully saturated rings. The molecule has 1 rings (SSSR count). The van der Waals surface area contributed by atoms with Crippen LogP contribution in [0.25, 0.3) is 0 Å². The summed E-state index contributed by atoms with van der Waals surface area (Å²) in [5.74, 6) is -2.01. The molecule has 0 heterocycles. The molecule has 0 aromatic heterocycles. The zero-order valence-electron chi connectivity index (χ0n) is 13.6. The SMILES string of the molecule is CC(C)(C)CC(NC(=O)c1cccc(OCC(=O)O)c1)C(F)(F)F. The van der Waals surface area contributed by atoms with Gasteiger partial charge in [-0.1, -0.05) is 26.8 Å². The van der Waals surface area contributed by atoms with Gasteiger partial charge in [0, 0.05) is 5.56 Å². The van der Waals surface area contributed by atoms with E-state index in [0.29, 0.717) is 0 Å². The number of halogens is 3. The summed E-state index contributed by atoms with van der Waals surface area (Å²) in [7, 11) is 0. The minimum atomic E-state index is -4.57. The monoisotopic (exact) mass is 347 g/mol. The van der Waals surface area contributed by atoms with Gasteiger partial charge in [-0.15, -0.1) is 0 Å². The van der Waals surface area contributed by atoms with E-state index in [1.54, 1.807) is 20.8 Å². The van der Waals surface area contributed by atoms with Crippen molar-refractivity contribution in [3.63, 3.8) is 0 Å². The predicted molar refractivity (Wildman–Crippen MR) is 81.0 cm³/mol. The number of hydrogen-bond donors (Lipinski definition) is 2. The van der Waals surface area contributed by atoms with Crippen LogP contribution in [0.5, 0.6) is 5.75 Å². The van der Waals surface area contributed by atoms with Gasteiger partial charge in [-0.2, -0.15) is 13.2 Å². The highest BCUT2D eigenvalue weighted by Gasteiger charge is 2.42. The Morgan fingerprint density at radius 3 is 2.38 bits per heavy atom. The van der Waals surface area contributed by atoms with Gasteiger partial charge in [0.05, 0.1) is 0 Å². The van der Waals surface area contributed by atoms with Crippen LogP contribution >= 0.6 is 0 Å². The summed E-state index contributed by atoms with van der Waals surface area (Å²) in [5.41, 5.74) is -0.666. The van der Waals surface area contributed by atoms with Gasteiger partial charge in [0.15, 0.2) is 6.61 Å². The van der Waals surface area contributed by atoms with Crippen molar-refractivity contribution in [3.8, 4) is 5.75 Å².